The Labute approximate surface area is 371 Å². The molecule has 0 spiro atoms. The largest absolute Gasteiger partial charge is 0.340 e. The molecule has 3 unspecified atom stereocenters. The fourth-order valence-corrected chi connectivity index (χ4v) is 13.0. The normalized spacial score (nSPS) is 26.1. The molecule has 334 valence electrons. The number of benzene rings is 1. The van der Waals surface area contributed by atoms with Gasteiger partial charge < -0.3 is 18.9 Å². The third-order valence-corrected chi connectivity index (χ3v) is 16.4. The Morgan fingerprint density at radius 1 is 0.694 bits per heavy atom. The number of imidazole rings is 2. The number of aryl methyl sites for hydroxylation is 2. The monoisotopic (exact) mass is 843 g/mol. The maximum absolute atomic E-state index is 14.4. The molecule has 0 saturated heterocycles. The molecule has 4 fully saturated rings. The molecule has 3 aromatic heterocycles. The highest BCUT2D eigenvalue weighted by Crippen LogP contribution is 2.48. The molecule has 4 aliphatic carbocycles. The van der Waals surface area contributed by atoms with Crippen LogP contribution in [-0.4, -0.2) is 70.9 Å². The van der Waals surface area contributed by atoms with Gasteiger partial charge in [-0.05, 0) is 132 Å². The van der Waals surface area contributed by atoms with Gasteiger partial charge in [0.15, 0.2) is 0 Å². The molecule has 2 amide bonds. The SMILES string of the molecule is CC[C@H]1CC[C@H](c2nc3ccc(C#N)cc3n2CCC(=O)N(CC)C2CCCCC2)CC1C1CCCC(N(CC)C(=O)CCn2c3cnccc3nc2[C@H]2CC[C@H](CC)CC2)C1. The fraction of sp³-hybridized carbons (Fsp3) is 0.692. The minimum Gasteiger partial charge on any atom is -0.340 e. The first kappa shape index (κ1) is 44.4. The van der Waals surface area contributed by atoms with Gasteiger partial charge in [-0.25, -0.2) is 9.97 Å². The van der Waals surface area contributed by atoms with E-state index in [9.17, 15) is 14.9 Å². The Kier molecular flexibility index (Phi) is 14.7. The van der Waals surface area contributed by atoms with Crippen LogP contribution in [0.25, 0.3) is 22.1 Å². The molecule has 5 atom stereocenters. The van der Waals surface area contributed by atoms with Gasteiger partial charge in [-0.1, -0.05) is 58.8 Å². The summed E-state index contributed by atoms with van der Waals surface area (Å²) in [6, 6.07) is 10.9. The molecule has 1 aromatic carbocycles. The Morgan fingerprint density at radius 3 is 2.02 bits per heavy atom. The number of hydrogen-bond acceptors (Lipinski definition) is 6. The first-order chi connectivity index (χ1) is 30.3. The van der Waals surface area contributed by atoms with Crippen molar-refractivity contribution in [3.8, 4) is 6.07 Å². The van der Waals surface area contributed by atoms with Crippen LogP contribution in [0.2, 0.25) is 0 Å². The van der Waals surface area contributed by atoms with Crippen LogP contribution in [0.4, 0.5) is 0 Å². The standard InChI is InChI=1S/C52H74N8O2/c1-5-36-17-20-39(21-18-36)51-56-46-25-28-54-35-48(46)60(51)30-27-50(62)58(8-4)43-16-12-13-40(32-43)44-33-41(23-22-38(44)6-2)52-55-45-24-19-37(34-53)31-47(45)59(52)29-26-49(61)57(7-3)42-14-10-9-11-15-42/h19,24-25,28,31,35-36,38-44H,5-18,20-23,26-27,29-30,32-33H2,1-4H3/t36-,38-,39-,40?,41-,43?,44?/m0/s1. The third kappa shape index (κ3) is 9.48. The Balaban J connectivity index is 0.971. The van der Waals surface area contributed by atoms with Crippen molar-refractivity contribution in [1.82, 2.24) is 33.9 Å². The summed E-state index contributed by atoms with van der Waals surface area (Å²) in [5, 5.41) is 9.87. The number of fused-ring (bicyclic) bond motifs is 2. The molecule has 0 radical (unpaired) electrons. The predicted octanol–water partition coefficient (Wildman–Crippen LogP) is 11.3. The molecule has 0 N–H and O–H groups in total. The zero-order chi connectivity index (χ0) is 43.2. The number of nitriles is 1. The number of carbonyl (C=O) groups is 2. The highest BCUT2D eigenvalue weighted by Gasteiger charge is 2.40. The zero-order valence-electron chi connectivity index (χ0n) is 38.4. The molecule has 8 rings (SSSR count). The summed E-state index contributed by atoms with van der Waals surface area (Å²) >= 11 is 0. The quantitative estimate of drug-likeness (QED) is 0.118. The first-order valence-electron chi connectivity index (χ1n) is 25.1. The van der Waals surface area contributed by atoms with Gasteiger partial charge in [0.1, 0.15) is 11.6 Å². The van der Waals surface area contributed by atoms with Crippen molar-refractivity contribution in [2.75, 3.05) is 13.1 Å². The number of carbonyl (C=O) groups excluding carboxylic acids is 2. The van der Waals surface area contributed by atoms with Crippen molar-refractivity contribution in [3.63, 3.8) is 0 Å². The number of pyridine rings is 1. The van der Waals surface area contributed by atoms with Crippen LogP contribution in [0.5, 0.6) is 0 Å². The van der Waals surface area contributed by atoms with Crippen LogP contribution in [-0.2, 0) is 22.7 Å². The molecule has 62 heavy (non-hydrogen) atoms. The van der Waals surface area contributed by atoms with Crippen molar-refractivity contribution >= 4 is 33.9 Å². The van der Waals surface area contributed by atoms with Crippen molar-refractivity contribution in [3.05, 3.63) is 53.9 Å². The molecule has 0 aliphatic heterocycles. The van der Waals surface area contributed by atoms with Gasteiger partial charge in [-0.2, -0.15) is 5.26 Å². The zero-order valence-corrected chi connectivity index (χ0v) is 38.4. The highest BCUT2D eigenvalue weighted by atomic mass is 16.2. The van der Waals surface area contributed by atoms with Gasteiger partial charge in [0.05, 0.1) is 39.9 Å². The summed E-state index contributed by atoms with van der Waals surface area (Å²) < 4.78 is 4.66. The maximum atomic E-state index is 14.4. The van der Waals surface area contributed by atoms with E-state index in [1.807, 2.05) is 36.7 Å². The Hall–Kier alpha value is -4.26. The summed E-state index contributed by atoms with van der Waals surface area (Å²) in [5.41, 5.74) is 4.58. The molecule has 10 nitrogen and oxygen atoms in total. The third-order valence-electron chi connectivity index (χ3n) is 16.4. The van der Waals surface area contributed by atoms with Gasteiger partial charge in [0.25, 0.3) is 0 Å². The number of nitrogens with zero attached hydrogens (tertiary/aromatic N) is 8. The minimum absolute atomic E-state index is 0.240. The average molecular weight is 843 g/mol. The van der Waals surface area contributed by atoms with Crippen LogP contribution < -0.4 is 0 Å². The van der Waals surface area contributed by atoms with Gasteiger partial charge in [0, 0.05) is 69.1 Å². The lowest BCUT2D eigenvalue weighted by Gasteiger charge is -2.45. The topological polar surface area (TPSA) is 113 Å². The van der Waals surface area contributed by atoms with E-state index in [1.54, 1.807) is 0 Å². The smallest absolute Gasteiger partial charge is 0.224 e. The summed E-state index contributed by atoms with van der Waals surface area (Å²) in [7, 11) is 0. The summed E-state index contributed by atoms with van der Waals surface area (Å²) in [4.78, 5) is 47.6. The minimum atomic E-state index is 0.240. The van der Waals surface area contributed by atoms with E-state index < -0.39 is 0 Å². The van der Waals surface area contributed by atoms with Crippen molar-refractivity contribution in [2.24, 2.45) is 23.7 Å². The number of amides is 2. The lowest BCUT2D eigenvalue weighted by molar-refractivity contribution is -0.135. The lowest BCUT2D eigenvalue weighted by atomic mass is 9.63. The Morgan fingerprint density at radius 2 is 1.34 bits per heavy atom. The van der Waals surface area contributed by atoms with E-state index in [2.05, 4.69) is 57.7 Å². The maximum Gasteiger partial charge on any atom is 0.224 e. The lowest BCUT2D eigenvalue weighted by Crippen LogP contribution is -2.45. The second-order valence-electron chi connectivity index (χ2n) is 19.6. The summed E-state index contributed by atoms with van der Waals surface area (Å²) in [5.74, 6) is 6.12. The van der Waals surface area contributed by atoms with Crippen LogP contribution in [0.1, 0.15) is 185 Å². The molecular weight excluding hydrogens is 769 g/mol. The van der Waals surface area contributed by atoms with E-state index in [-0.39, 0.29) is 17.9 Å². The van der Waals surface area contributed by atoms with Gasteiger partial charge >= 0.3 is 0 Å². The number of rotatable bonds is 15. The van der Waals surface area contributed by atoms with Crippen LogP contribution in [0, 0.1) is 35.0 Å². The summed E-state index contributed by atoms with van der Waals surface area (Å²) in [6.07, 6.45) is 25.8. The van der Waals surface area contributed by atoms with Crippen LogP contribution >= 0.6 is 0 Å². The molecule has 4 aromatic rings. The number of hydrogen-bond donors (Lipinski definition) is 0. The van der Waals surface area contributed by atoms with Gasteiger partial charge in [0.2, 0.25) is 11.8 Å². The summed E-state index contributed by atoms with van der Waals surface area (Å²) in [6.45, 7) is 11.7. The van der Waals surface area contributed by atoms with Crippen molar-refractivity contribution < 1.29 is 9.59 Å². The first-order valence-corrected chi connectivity index (χ1v) is 25.1. The van der Waals surface area contributed by atoms with Crippen molar-refractivity contribution in [1.29, 1.82) is 5.26 Å². The van der Waals surface area contributed by atoms with E-state index in [0.717, 1.165) is 97.7 Å². The molecular formula is C52H74N8O2. The van der Waals surface area contributed by atoms with E-state index in [4.69, 9.17) is 9.97 Å². The second kappa shape index (κ2) is 20.5. The molecule has 4 saturated carbocycles. The fourth-order valence-electron chi connectivity index (χ4n) is 13.0. The second-order valence-corrected chi connectivity index (χ2v) is 19.6. The molecule has 0 bridgehead atoms. The van der Waals surface area contributed by atoms with Crippen LogP contribution in [0.3, 0.4) is 0 Å². The highest BCUT2D eigenvalue weighted by molar-refractivity contribution is 5.80. The van der Waals surface area contributed by atoms with Crippen LogP contribution in [0.15, 0.2) is 36.7 Å². The number of aromatic nitrogens is 5. The van der Waals surface area contributed by atoms with E-state index in [1.165, 1.54) is 70.6 Å². The molecule has 3 heterocycles. The van der Waals surface area contributed by atoms with E-state index in [0.29, 0.717) is 67.1 Å². The van der Waals surface area contributed by atoms with E-state index >= 15 is 0 Å². The molecule has 4 aliphatic rings. The van der Waals surface area contributed by atoms with Crippen molar-refractivity contribution in [2.45, 2.75) is 193 Å². The average Bonchev–Trinajstić information content (AvgIpc) is 3.88. The predicted molar refractivity (Wildman–Crippen MR) is 247 cm³/mol. The van der Waals surface area contributed by atoms with Gasteiger partial charge in [-0.15, -0.1) is 0 Å². The van der Waals surface area contributed by atoms with Gasteiger partial charge in [-0.3, -0.25) is 14.6 Å². The Bertz CT molecular complexity index is 2170. The molecule has 10 heteroatoms.